The quantitative estimate of drug-likeness (QED) is 0.886. The van der Waals surface area contributed by atoms with Crippen LogP contribution in [0, 0.1) is 18.3 Å². The summed E-state index contributed by atoms with van der Waals surface area (Å²) in [6.07, 6.45) is 0. The molecule has 1 rings (SSSR count). The van der Waals surface area contributed by atoms with Crippen molar-refractivity contribution in [1.82, 2.24) is 0 Å². The van der Waals surface area contributed by atoms with E-state index in [0.717, 1.165) is 11.1 Å². The van der Waals surface area contributed by atoms with Gasteiger partial charge in [-0.2, -0.15) is 5.26 Å². The van der Waals surface area contributed by atoms with E-state index in [9.17, 15) is 4.21 Å². The Hall–Kier alpha value is -1.18. The monoisotopic (exact) mass is 250 g/mol. The first-order valence-electron chi connectivity index (χ1n) is 5.45. The average molecular weight is 250 g/mol. The molecule has 17 heavy (non-hydrogen) atoms. The van der Waals surface area contributed by atoms with E-state index in [1.165, 1.54) is 0 Å². The summed E-state index contributed by atoms with van der Waals surface area (Å²) in [6, 6.07) is 7.54. The number of nitrogens with two attached hydrogens (primary N) is 1. The number of nitrogens with zero attached hydrogens (tertiary/aromatic N) is 1. The number of hydrogen-bond donors (Lipinski definition) is 1. The molecule has 4 heteroatoms. The van der Waals surface area contributed by atoms with Crippen LogP contribution < -0.4 is 5.73 Å². The van der Waals surface area contributed by atoms with Crippen LogP contribution in [-0.4, -0.2) is 15.5 Å². The van der Waals surface area contributed by atoms with Crippen molar-refractivity contribution in [3.8, 4) is 6.07 Å². The maximum atomic E-state index is 11.9. The molecule has 0 radical (unpaired) electrons. The van der Waals surface area contributed by atoms with Crippen molar-refractivity contribution >= 4 is 10.8 Å². The maximum absolute atomic E-state index is 11.9. The Balaban J connectivity index is 2.76. The SMILES string of the molecule is Cc1cc(C#N)ccc1CS(=O)CC(C)(C)N. The lowest BCUT2D eigenvalue weighted by Gasteiger charge is -2.17. The van der Waals surface area contributed by atoms with Crippen molar-refractivity contribution in [1.29, 1.82) is 5.26 Å². The zero-order valence-corrected chi connectivity index (χ0v) is 11.3. The molecule has 2 N–H and O–H groups in total. The second-order valence-corrected chi connectivity index (χ2v) is 6.43. The third kappa shape index (κ3) is 4.68. The molecule has 1 unspecified atom stereocenters. The van der Waals surface area contributed by atoms with Crippen molar-refractivity contribution in [2.24, 2.45) is 5.73 Å². The molecule has 0 saturated heterocycles. The number of aryl methyl sites for hydroxylation is 1. The fourth-order valence-corrected chi connectivity index (χ4v) is 3.17. The highest BCUT2D eigenvalue weighted by Gasteiger charge is 2.16. The number of nitriles is 1. The standard InChI is InChI=1S/C13H18N2OS/c1-10-6-11(7-14)4-5-12(10)8-17(16)9-13(2,3)15/h4-6H,8-9,15H2,1-3H3. The maximum Gasteiger partial charge on any atom is 0.0991 e. The third-order valence-electron chi connectivity index (χ3n) is 2.32. The van der Waals surface area contributed by atoms with E-state index in [0.29, 0.717) is 17.1 Å². The number of rotatable bonds is 4. The Kier molecular flexibility index (Phi) is 4.44. The van der Waals surface area contributed by atoms with Gasteiger partial charge in [0.15, 0.2) is 0 Å². The van der Waals surface area contributed by atoms with Gasteiger partial charge in [0.1, 0.15) is 0 Å². The summed E-state index contributed by atoms with van der Waals surface area (Å²) >= 11 is 0. The van der Waals surface area contributed by atoms with E-state index in [2.05, 4.69) is 6.07 Å². The van der Waals surface area contributed by atoms with Gasteiger partial charge in [-0.15, -0.1) is 0 Å². The molecular formula is C13H18N2OS. The van der Waals surface area contributed by atoms with Crippen molar-refractivity contribution in [2.45, 2.75) is 32.1 Å². The van der Waals surface area contributed by atoms with Gasteiger partial charge in [0.2, 0.25) is 0 Å². The van der Waals surface area contributed by atoms with Crippen LogP contribution in [0.1, 0.15) is 30.5 Å². The van der Waals surface area contributed by atoms with Gasteiger partial charge in [-0.3, -0.25) is 4.21 Å². The molecule has 0 heterocycles. The van der Waals surface area contributed by atoms with Crippen LogP contribution in [0.2, 0.25) is 0 Å². The van der Waals surface area contributed by atoms with Gasteiger partial charge in [0.05, 0.1) is 11.6 Å². The van der Waals surface area contributed by atoms with Crippen LogP contribution in [0.5, 0.6) is 0 Å². The van der Waals surface area contributed by atoms with Gasteiger partial charge in [0.25, 0.3) is 0 Å². The molecule has 3 nitrogen and oxygen atoms in total. The topological polar surface area (TPSA) is 66.9 Å². The van der Waals surface area contributed by atoms with Gasteiger partial charge < -0.3 is 5.73 Å². The summed E-state index contributed by atoms with van der Waals surface area (Å²) in [5.74, 6) is 0.977. The second-order valence-electron chi connectivity index (χ2n) is 4.97. The van der Waals surface area contributed by atoms with E-state index >= 15 is 0 Å². The summed E-state index contributed by atoms with van der Waals surface area (Å²) in [5.41, 5.74) is 8.09. The molecule has 0 aromatic heterocycles. The largest absolute Gasteiger partial charge is 0.325 e. The van der Waals surface area contributed by atoms with Crippen molar-refractivity contribution in [3.05, 3.63) is 34.9 Å². The zero-order valence-electron chi connectivity index (χ0n) is 10.5. The Morgan fingerprint density at radius 1 is 1.47 bits per heavy atom. The Morgan fingerprint density at radius 3 is 2.59 bits per heavy atom. The highest BCUT2D eigenvalue weighted by molar-refractivity contribution is 7.84. The number of benzene rings is 1. The van der Waals surface area contributed by atoms with Crippen molar-refractivity contribution in [3.63, 3.8) is 0 Å². The van der Waals surface area contributed by atoms with E-state index in [1.54, 1.807) is 6.07 Å². The Bertz CT molecular complexity index is 469. The zero-order chi connectivity index (χ0) is 13.1. The molecule has 0 fully saturated rings. The number of hydrogen-bond acceptors (Lipinski definition) is 3. The molecule has 92 valence electrons. The first-order chi connectivity index (χ1) is 7.81. The molecular weight excluding hydrogens is 232 g/mol. The van der Waals surface area contributed by atoms with E-state index in [-0.39, 0.29) is 0 Å². The molecule has 0 aliphatic rings. The minimum absolute atomic E-state index is 0.411. The molecule has 0 amide bonds. The highest BCUT2D eigenvalue weighted by Crippen LogP contribution is 2.14. The molecule has 0 bridgehead atoms. The van der Waals surface area contributed by atoms with Crippen LogP contribution in [0.25, 0.3) is 0 Å². The minimum atomic E-state index is -0.967. The van der Waals surface area contributed by atoms with Gasteiger partial charge in [0, 0.05) is 27.8 Å². The van der Waals surface area contributed by atoms with Crippen molar-refractivity contribution in [2.75, 3.05) is 5.75 Å². The lowest BCUT2D eigenvalue weighted by molar-refractivity contribution is 0.577. The molecule has 1 atom stereocenters. The van der Waals surface area contributed by atoms with Crippen LogP contribution in [0.15, 0.2) is 18.2 Å². The fraction of sp³-hybridized carbons (Fsp3) is 0.462. The Morgan fingerprint density at radius 2 is 2.12 bits per heavy atom. The molecule has 0 aliphatic heterocycles. The highest BCUT2D eigenvalue weighted by atomic mass is 32.2. The smallest absolute Gasteiger partial charge is 0.0991 e. The van der Waals surface area contributed by atoms with Crippen LogP contribution in [-0.2, 0) is 16.6 Å². The van der Waals surface area contributed by atoms with Crippen LogP contribution in [0.4, 0.5) is 0 Å². The van der Waals surface area contributed by atoms with Gasteiger partial charge in [-0.1, -0.05) is 6.07 Å². The minimum Gasteiger partial charge on any atom is -0.325 e. The third-order valence-corrected chi connectivity index (χ3v) is 4.02. The van der Waals surface area contributed by atoms with E-state index < -0.39 is 16.3 Å². The fourth-order valence-electron chi connectivity index (χ4n) is 1.57. The summed E-state index contributed by atoms with van der Waals surface area (Å²) in [7, 11) is -0.967. The first kappa shape index (κ1) is 13.9. The van der Waals surface area contributed by atoms with Crippen LogP contribution in [0.3, 0.4) is 0 Å². The first-order valence-corrected chi connectivity index (χ1v) is 6.94. The lowest BCUT2D eigenvalue weighted by Crippen LogP contribution is -2.38. The summed E-state index contributed by atoms with van der Waals surface area (Å²) in [6.45, 7) is 5.67. The van der Waals surface area contributed by atoms with Gasteiger partial charge >= 0.3 is 0 Å². The normalized spacial score (nSPS) is 13.1. The lowest BCUT2D eigenvalue weighted by atomic mass is 10.1. The average Bonchev–Trinajstić information content (AvgIpc) is 2.18. The van der Waals surface area contributed by atoms with Gasteiger partial charge in [-0.25, -0.2) is 0 Å². The summed E-state index contributed by atoms with van der Waals surface area (Å²) in [4.78, 5) is 0. The summed E-state index contributed by atoms with van der Waals surface area (Å²) < 4.78 is 11.9. The Labute approximate surface area is 105 Å². The predicted molar refractivity (Wildman–Crippen MR) is 70.9 cm³/mol. The molecule has 1 aromatic carbocycles. The molecule has 0 saturated carbocycles. The van der Waals surface area contributed by atoms with E-state index in [1.807, 2.05) is 32.9 Å². The predicted octanol–water partition coefficient (Wildman–Crippen LogP) is 1.85. The molecule has 0 aliphatic carbocycles. The molecule has 0 spiro atoms. The van der Waals surface area contributed by atoms with Crippen LogP contribution >= 0.6 is 0 Å². The van der Waals surface area contributed by atoms with E-state index in [4.69, 9.17) is 11.0 Å². The van der Waals surface area contributed by atoms with Crippen molar-refractivity contribution < 1.29 is 4.21 Å². The summed E-state index contributed by atoms with van der Waals surface area (Å²) in [5, 5.41) is 8.76. The van der Waals surface area contributed by atoms with Gasteiger partial charge in [-0.05, 0) is 44.0 Å². The molecule has 1 aromatic rings. The second kappa shape index (κ2) is 5.44.